The van der Waals surface area contributed by atoms with Gasteiger partial charge in [0.2, 0.25) is 17.7 Å². The molecule has 3 amide bonds. The van der Waals surface area contributed by atoms with Crippen molar-refractivity contribution in [1.82, 2.24) is 10.2 Å². The molecule has 3 aliphatic heterocycles. The molecule has 3 saturated heterocycles. The molecule has 1 spiro atoms. The van der Waals surface area contributed by atoms with Crippen molar-refractivity contribution < 1.29 is 29.0 Å². The van der Waals surface area contributed by atoms with Crippen LogP contribution < -0.4 is 15.4 Å². The second kappa shape index (κ2) is 10.4. The van der Waals surface area contributed by atoms with Crippen LogP contribution in [-0.2, 0) is 19.1 Å². The molecule has 3 N–H and O–H groups in total. The predicted octanol–water partition coefficient (Wildman–Crippen LogP) is 2.48. The highest BCUT2D eigenvalue weighted by molar-refractivity contribution is 6.02. The van der Waals surface area contributed by atoms with Gasteiger partial charge in [0.05, 0.1) is 36.7 Å². The molecule has 4 rings (SSSR count). The fourth-order valence-electron chi connectivity index (χ4n) is 6.42. The minimum Gasteiger partial charge on any atom is -0.494 e. The number of benzene rings is 1. The predicted molar refractivity (Wildman–Crippen MR) is 134 cm³/mol. The van der Waals surface area contributed by atoms with E-state index in [2.05, 4.69) is 10.6 Å². The van der Waals surface area contributed by atoms with E-state index in [1.54, 1.807) is 31.2 Å². The molecule has 198 valence electrons. The molecule has 0 radical (unpaired) electrons. The first-order valence-electron chi connectivity index (χ1n) is 13.2. The smallest absolute Gasteiger partial charge is 0.245 e. The van der Waals surface area contributed by atoms with Crippen molar-refractivity contribution in [3.63, 3.8) is 0 Å². The van der Waals surface area contributed by atoms with Crippen LogP contribution in [0.4, 0.5) is 5.69 Å². The second-order valence-corrected chi connectivity index (χ2v) is 10.2. The molecule has 6 atom stereocenters. The molecule has 0 aromatic heterocycles. The lowest BCUT2D eigenvalue weighted by Crippen LogP contribution is -2.57. The van der Waals surface area contributed by atoms with Gasteiger partial charge < -0.3 is 30.1 Å². The molecule has 1 aromatic rings. The standard InChI is InChI=1S/C27H39N3O6/c1-5-8-15-28-24(33)22-27-14-13-26(6-2,36-27)20(21(27)25(34)30(22)17(4)16-31)23(32)29-18-9-11-19(12-10-18)35-7-3/h9-12,17,20-22,31H,5-8,13-16H2,1-4H3,(H,28,33)(H,29,32)/t17-,20+,21+,22?,26-,27?/m1/s1. The van der Waals surface area contributed by atoms with E-state index in [-0.39, 0.29) is 24.3 Å². The fourth-order valence-corrected chi connectivity index (χ4v) is 6.42. The quantitative estimate of drug-likeness (QED) is 0.401. The number of likely N-dealkylation sites (tertiary alicyclic amines) is 1. The number of aliphatic hydroxyl groups is 1. The Hall–Kier alpha value is -2.65. The van der Waals surface area contributed by atoms with Gasteiger partial charge in [-0.2, -0.15) is 0 Å². The van der Waals surface area contributed by atoms with Crippen molar-refractivity contribution in [3.05, 3.63) is 24.3 Å². The van der Waals surface area contributed by atoms with Gasteiger partial charge in [0.1, 0.15) is 17.4 Å². The van der Waals surface area contributed by atoms with Crippen molar-refractivity contribution in [1.29, 1.82) is 0 Å². The average Bonchev–Trinajstić information content (AvgIpc) is 3.48. The molecule has 36 heavy (non-hydrogen) atoms. The maximum absolute atomic E-state index is 13.9. The van der Waals surface area contributed by atoms with Crippen molar-refractivity contribution in [3.8, 4) is 5.75 Å². The summed E-state index contributed by atoms with van der Waals surface area (Å²) in [7, 11) is 0. The fraction of sp³-hybridized carbons (Fsp3) is 0.667. The van der Waals surface area contributed by atoms with Gasteiger partial charge in [-0.1, -0.05) is 20.3 Å². The summed E-state index contributed by atoms with van der Waals surface area (Å²) in [4.78, 5) is 42.6. The average molecular weight is 502 g/mol. The van der Waals surface area contributed by atoms with Crippen LogP contribution in [0.3, 0.4) is 0 Å². The number of carbonyl (C=O) groups excluding carboxylic acids is 3. The minimum atomic E-state index is -1.09. The highest BCUT2D eigenvalue weighted by Crippen LogP contribution is 2.64. The zero-order chi connectivity index (χ0) is 26.1. The number of unbranched alkanes of at least 4 members (excludes halogenated alkanes) is 1. The molecule has 0 aliphatic carbocycles. The molecular weight excluding hydrogens is 462 g/mol. The Bertz CT molecular complexity index is 984. The number of anilines is 1. The number of rotatable bonds is 11. The lowest BCUT2D eigenvalue weighted by Gasteiger charge is -2.36. The zero-order valence-electron chi connectivity index (χ0n) is 21.7. The summed E-state index contributed by atoms with van der Waals surface area (Å²) in [6, 6.07) is 5.66. The first-order chi connectivity index (χ1) is 17.3. The Kier molecular flexibility index (Phi) is 7.61. The molecule has 3 heterocycles. The Balaban J connectivity index is 1.67. The van der Waals surface area contributed by atoms with Crippen LogP contribution in [0.15, 0.2) is 24.3 Å². The summed E-state index contributed by atoms with van der Waals surface area (Å²) in [6.07, 6.45) is 3.42. The Morgan fingerprint density at radius 2 is 1.92 bits per heavy atom. The highest BCUT2D eigenvalue weighted by Gasteiger charge is 2.78. The summed E-state index contributed by atoms with van der Waals surface area (Å²) in [5.74, 6) is -1.68. The Labute approximate surface area is 212 Å². The first kappa shape index (κ1) is 26.4. The molecule has 9 nitrogen and oxygen atoms in total. The molecule has 2 bridgehead atoms. The maximum Gasteiger partial charge on any atom is 0.245 e. The highest BCUT2D eigenvalue weighted by atomic mass is 16.5. The molecule has 3 fully saturated rings. The van der Waals surface area contributed by atoms with E-state index in [4.69, 9.17) is 9.47 Å². The van der Waals surface area contributed by atoms with Crippen LogP contribution in [0.5, 0.6) is 5.75 Å². The Morgan fingerprint density at radius 1 is 1.19 bits per heavy atom. The minimum absolute atomic E-state index is 0.279. The van der Waals surface area contributed by atoms with Gasteiger partial charge >= 0.3 is 0 Å². The van der Waals surface area contributed by atoms with E-state index in [9.17, 15) is 19.5 Å². The number of aliphatic hydroxyl groups excluding tert-OH is 1. The first-order valence-corrected chi connectivity index (χ1v) is 13.2. The van der Waals surface area contributed by atoms with Crippen LogP contribution in [0.1, 0.15) is 59.8 Å². The van der Waals surface area contributed by atoms with Crippen molar-refractivity contribution in [2.24, 2.45) is 11.8 Å². The maximum atomic E-state index is 13.9. The third-order valence-corrected chi connectivity index (χ3v) is 8.15. The summed E-state index contributed by atoms with van der Waals surface area (Å²) in [5.41, 5.74) is -1.30. The summed E-state index contributed by atoms with van der Waals surface area (Å²) in [6.45, 7) is 8.40. The number of hydrogen-bond acceptors (Lipinski definition) is 6. The number of nitrogens with one attached hydrogen (secondary N) is 2. The number of hydrogen-bond donors (Lipinski definition) is 3. The number of fused-ring (bicyclic) bond motifs is 1. The normalized spacial score (nSPS) is 31.3. The van der Waals surface area contributed by atoms with E-state index in [1.165, 1.54) is 4.90 Å². The number of amides is 3. The monoisotopic (exact) mass is 501 g/mol. The van der Waals surface area contributed by atoms with Gasteiger partial charge in [-0.15, -0.1) is 0 Å². The molecule has 1 aromatic carbocycles. The van der Waals surface area contributed by atoms with E-state index in [0.717, 1.165) is 12.8 Å². The van der Waals surface area contributed by atoms with E-state index in [0.29, 0.717) is 43.9 Å². The summed E-state index contributed by atoms with van der Waals surface area (Å²) < 4.78 is 12.2. The summed E-state index contributed by atoms with van der Waals surface area (Å²) in [5, 5.41) is 15.9. The van der Waals surface area contributed by atoms with E-state index >= 15 is 0 Å². The third-order valence-electron chi connectivity index (χ3n) is 8.15. The topological polar surface area (TPSA) is 117 Å². The van der Waals surface area contributed by atoms with Crippen molar-refractivity contribution >= 4 is 23.4 Å². The van der Waals surface area contributed by atoms with Crippen LogP contribution in [0.2, 0.25) is 0 Å². The van der Waals surface area contributed by atoms with Crippen molar-refractivity contribution in [2.45, 2.75) is 83.1 Å². The van der Waals surface area contributed by atoms with Gasteiger partial charge in [0.15, 0.2) is 0 Å². The van der Waals surface area contributed by atoms with Gasteiger partial charge in [0, 0.05) is 12.2 Å². The second-order valence-electron chi connectivity index (χ2n) is 10.2. The number of carbonyl (C=O) groups is 3. The van der Waals surface area contributed by atoms with Gasteiger partial charge in [-0.3, -0.25) is 14.4 Å². The lowest BCUT2D eigenvalue weighted by molar-refractivity contribution is -0.149. The van der Waals surface area contributed by atoms with Crippen LogP contribution in [-0.4, -0.2) is 70.8 Å². The molecule has 0 saturated carbocycles. The number of ether oxygens (including phenoxy) is 2. The largest absolute Gasteiger partial charge is 0.494 e. The molecule has 3 aliphatic rings. The third kappa shape index (κ3) is 4.16. The van der Waals surface area contributed by atoms with E-state index < -0.39 is 35.1 Å². The number of nitrogens with zero attached hydrogens (tertiary/aromatic N) is 1. The van der Waals surface area contributed by atoms with Gasteiger partial charge in [-0.05, 0) is 63.8 Å². The van der Waals surface area contributed by atoms with Crippen LogP contribution >= 0.6 is 0 Å². The van der Waals surface area contributed by atoms with Gasteiger partial charge in [0.25, 0.3) is 0 Å². The van der Waals surface area contributed by atoms with Crippen LogP contribution in [0.25, 0.3) is 0 Å². The SMILES string of the molecule is CCCCNC(=O)C1N([C@H](C)CO)C(=O)[C@@H]2[C@@H](C(=O)Nc3ccc(OCC)cc3)[C@@]3(CC)CCC12O3. The van der Waals surface area contributed by atoms with E-state index in [1.807, 2.05) is 20.8 Å². The van der Waals surface area contributed by atoms with Gasteiger partial charge in [-0.25, -0.2) is 0 Å². The van der Waals surface area contributed by atoms with Crippen molar-refractivity contribution in [2.75, 3.05) is 25.1 Å². The summed E-state index contributed by atoms with van der Waals surface area (Å²) >= 11 is 0. The molecule has 2 unspecified atom stereocenters. The molecular formula is C27H39N3O6. The molecule has 9 heteroatoms. The zero-order valence-corrected chi connectivity index (χ0v) is 21.7. The lowest BCUT2D eigenvalue weighted by atomic mass is 9.65. The Morgan fingerprint density at radius 3 is 2.53 bits per heavy atom. The van der Waals surface area contributed by atoms with Crippen LogP contribution in [0, 0.1) is 11.8 Å².